The van der Waals surface area contributed by atoms with Crippen molar-refractivity contribution < 1.29 is 0 Å². The van der Waals surface area contributed by atoms with Crippen molar-refractivity contribution in [3.05, 3.63) is 11.6 Å². The Morgan fingerprint density at radius 2 is 1.83 bits per heavy atom. The molecule has 0 nitrogen and oxygen atoms in total. The van der Waals surface area contributed by atoms with E-state index in [0.29, 0.717) is 5.41 Å². The molecule has 70 valence electrons. The van der Waals surface area contributed by atoms with Crippen LogP contribution in [0.4, 0.5) is 0 Å². The van der Waals surface area contributed by atoms with Gasteiger partial charge in [-0.05, 0) is 38.5 Å². The molecule has 0 heterocycles. The van der Waals surface area contributed by atoms with Gasteiger partial charge in [-0.3, -0.25) is 0 Å². The average molecular weight is 166 g/mol. The van der Waals surface area contributed by atoms with Gasteiger partial charge in [-0.1, -0.05) is 37.8 Å². The van der Waals surface area contributed by atoms with Gasteiger partial charge < -0.3 is 0 Å². The summed E-state index contributed by atoms with van der Waals surface area (Å²) in [5.41, 5.74) is 2.17. The molecule has 0 atom stereocenters. The van der Waals surface area contributed by atoms with E-state index in [9.17, 15) is 0 Å². The molecule has 0 unspecified atom stereocenters. The fraction of sp³-hybridized carbons (Fsp3) is 0.833. The second-order valence-corrected chi connectivity index (χ2v) is 4.55. The number of hydrogen-bond acceptors (Lipinski definition) is 0. The van der Waals surface area contributed by atoms with Crippen LogP contribution in [0.25, 0.3) is 0 Å². The van der Waals surface area contributed by atoms with E-state index in [1.165, 1.54) is 44.1 Å². The van der Waals surface area contributed by atoms with Crippen LogP contribution >= 0.6 is 0 Å². The summed E-state index contributed by atoms with van der Waals surface area (Å²) in [6.07, 6.45) is 11.0. The predicted octanol–water partition coefficient (Wildman–Crippen LogP) is 4.31. The van der Waals surface area contributed by atoms with E-state index in [0.717, 1.165) is 0 Å². The highest BCUT2D eigenvalue weighted by molar-refractivity contribution is 4.98. The minimum atomic E-state index is 0.692. The molecule has 0 bridgehead atoms. The first-order valence-electron chi connectivity index (χ1n) is 5.32. The highest BCUT2D eigenvalue weighted by atomic mass is 14.3. The van der Waals surface area contributed by atoms with Crippen molar-refractivity contribution in [1.82, 2.24) is 0 Å². The molecule has 0 radical (unpaired) electrons. The normalized spacial score (nSPS) is 20.9. The van der Waals surface area contributed by atoms with E-state index in [4.69, 9.17) is 0 Å². The summed E-state index contributed by atoms with van der Waals surface area (Å²) in [5.74, 6) is 0. The highest BCUT2D eigenvalue weighted by Gasteiger charge is 2.30. The van der Waals surface area contributed by atoms with Crippen molar-refractivity contribution in [1.29, 1.82) is 0 Å². The number of rotatable bonds is 3. The molecule has 1 rings (SSSR count). The van der Waals surface area contributed by atoms with E-state index < -0.39 is 0 Å². The zero-order valence-corrected chi connectivity index (χ0v) is 8.82. The third kappa shape index (κ3) is 2.36. The second-order valence-electron chi connectivity index (χ2n) is 4.55. The van der Waals surface area contributed by atoms with Gasteiger partial charge in [0, 0.05) is 0 Å². The molecule has 12 heavy (non-hydrogen) atoms. The van der Waals surface area contributed by atoms with Crippen molar-refractivity contribution >= 4 is 0 Å². The molecule has 0 amide bonds. The molecule has 0 saturated heterocycles. The number of allylic oxidation sites excluding steroid dienone is 2. The molecule has 0 heteroatoms. The molecular formula is C12H22. The highest BCUT2D eigenvalue weighted by Crippen LogP contribution is 2.44. The molecular weight excluding hydrogens is 144 g/mol. The van der Waals surface area contributed by atoms with Crippen molar-refractivity contribution in [2.45, 2.75) is 59.3 Å². The molecule has 0 aromatic rings. The van der Waals surface area contributed by atoms with Gasteiger partial charge in [0.25, 0.3) is 0 Å². The van der Waals surface area contributed by atoms with Crippen molar-refractivity contribution in [3.8, 4) is 0 Å². The maximum absolute atomic E-state index is 2.43. The molecule has 1 saturated carbocycles. The van der Waals surface area contributed by atoms with Crippen LogP contribution in [0.1, 0.15) is 59.3 Å². The first-order chi connectivity index (χ1) is 5.68. The Balaban J connectivity index is 2.50. The molecule has 1 aliphatic rings. The quantitative estimate of drug-likeness (QED) is 0.548. The van der Waals surface area contributed by atoms with Crippen LogP contribution in [0.3, 0.4) is 0 Å². The van der Waals surface area contributed by atoms with E-state index >= 15 is 0 Å². The first-order valence-corrected chi connectivity index (χ1v) is 5.32. The maximum Gasteiger partial charge on any atom is -0.0265 e. The lowest BCUT2D eigenvalue weighted by Gasteiger charge is -2.25. The Kier molecular flexibility index (Phi) is 3.37. The molecule has 0 aromatic heterocycles. The third-order valence-corrected chi connectivity index (χ3v) is 3.36. The van der Waals surface area contributed by atoms with Gasteiger partial charge in [-0.15, -0.1) is 0 Å². The van der Waals surface area contributed by atoms with Gasteiger partial charge >= 0.3 is 0 Å². The van der Waals surface area contributed by atoms with Gasteiger partial charge in [0.05, 0.1) is 0 Å². The summed E-state index contributed by atoms with van der Waals surface area (Å²) >= 11 is 0. The molecule has 0 N–H and O–H groups in total. The topological polar surface area (TPSA) is 0 Å². The lowest BCUT2D eigenvalue weighted by molar-refractivity contribution is 0.288. The van der Waals surface area contributed by atoms with Crippen LogP contribution in [-0.4, -0.2) is 0 Å². The summed E-state index contributed by atoms with van der Waals surface area (Å²) < 4.78 is 0. The minimum absolute atomic E-state index is 0.692. The summed E-state index contributed by atoms with van der Waals surface area (Å²) in [7, 11) is 0. The summed E-state index contributed by atoms with van der Waals surface area (Å²) in [6, 6.07) is 0. The Morgan fingerprint density at radius 3 is 2.25 bits per heavy atom. The van der Waals surface area contributed by atoms with Crippen molar-refractivity contribution in [2.75, 3.05) is 0 Å². The van der Waals surface area contributed by atoms with Crippen LogP contribution in [0.15, 0.2) is 11.6 Å². The van der Waals surface area contributed by atoms with Crippen LogP contribution in [0.5, 0.6) is 0 Å². The zero-order chi connectivity index (χ0) is 9.03. The van der Waals surface area contributed by atoms with E-state index in [-0.39, 0.29) is 0 Å². The summed E-state index contributed by atoms with van der Waals surface area (Å²) in [6.45, 7) is 6.76. The van der Waals surface area contributed by atoms with E-state index in [1.807, 2.05) is 0 Å². The lowest BCUT2D eigenvalue weighted by atomic mass is 9.80. The average Bonchev–Trinajstić information content (AvgIpc) is 2.50. The Hall–Kier alpha value is -0.260. The zero-order valence-electron chi connectivity index (χ0n) is 8.82. The standard InChI is InChI=1S/C12H22/c1-4-12(8-5-6-9-12)10-7-11(2)3/h7H,4-6,8-10H2,1-3H3. The van der Waals surface area contributed by atoms with Gasteiger partial charge in [0.2, 0.25) is 0 Å². The van der Waals surface area contributed by atoms with E-state index in [2.05, 4.69) is 26.8 Å². The smallest absolute Gasteiger partial charge is 0.0265 e. The first kappa shape index (κ1) is 9.83. The van der Waals surface area contributed by atoms with Crippen LogP contribution in [0.2, 0.25) is 0 Å². The van der Waals surface area contributed by atoms with Gasteiger partial charge in [0.1, 0.15) is 0 Å². The Morgan fingerprint density at radius 1 is 1.25 bits per heavy atom. The Bertz CT molecular complexity index is 155. The van der Waals surface area contributed by atoms with Gasteiger partial charge in [-0.25, -0.2) is 0 Å². The van der Waals surface area contributed by atoms with Crippen molar-refractivity contribution in [2.24, 2.45) is 5.41 Å². The SMILES string of the molecule is CCC1(CC=C(C)C)CCCC1. The summed E-state index contributed by atoms with van der Waals surface area (Å²) in [5, 5.41) is 0. The monoisotopic (exact) mass is 166 g/mol. The fourth-order valence-electron chi connectivity index (χ4n) is 2.25. The van der Waals surface area contributed by atoms with Crippen LogP contribution in [0, 0.1) is 5.41 Å². The van der Waals surface area contributed by atoms with Crippen molar-refractivity contribution in [3.63, 3.8) is 0 Å². The van der Waals surface area contributed by atoms with Gasteiger partial charge in [0.15, 0.2) is 0 Å². The Labute approximate surface area is 77.1 Å². The second kappa shape index (κ2) is 4.11. The predicted molar refractivity (Wildman–Crippen MR) is 55.2 cm³/mol. The maximum atomic E-state index is 2.43. The molecule has 0 aromatic carbocycles. The lowest BCUT2D eigenvalue weighted by Crippen LogP contribution is -2.13. The number of hydrogen-bond donors (Lipinski definition) is 0. The molecule has 0 spiro atoms. The van der Waals surface area contributed by atoms with Gasteiger partial charge in [-0.2, -0.15) is 0 Å². The van der Waals surface area contributed by atoms with Crippen LogP contribution in [-0.2, 0) is 0 Å². The van der Waals surface area contributed by atoms with E-state index in [1.54, 1.807) is 0 Å². The molecule has 0 aliphatic heterocycles. The fourth-order valence-corrected chi connectivity index (χ4v) is 2.25. The summed E-state index contributed by atoms with van der Waals surface area (Å²) in [4.78, 5) is 0. The largest absolute Gasteiger partial charge is 0.0853 e. The third-order valence-electron chi connectivity index (χ3n) is 3.36. The van der Waals surface area contributed by atoms with Crippen LogP contribution < -0.4 is 0 Å². The molecule has 1 aliphatic carbocycles. The molecule has 1 fully saturated rings. The minimum Gasteiger partial charge on any atom is -0.0853 e.